The van der Waals surface area contributed by atoms with Gasteiger partial charge in [0.05, 0.1) is 4.34 Å². The molecule has 2 aromatic rings. The van der Waals surface area contributed by atoms with Crippen molar-refractivity contribution in [3.8, 4) is 0 Å². The van der Waals surface area contributed by atoms with Crippen LogP contribution in [0.5, 0.6) is 0 Å². The van der Waals surface area contributed by atoms with Crippen LogP contribution in [0, 0.1) is 0 Å². The quantitative estimate of drug-likeness (QED) is 0.825. The predicted octanol–water partition coefficient (Wildman–Crippen LogP) is 4.33. The van der Waals surface area contributed by atoms with Crippen LogP contribution in [-0.2, 0) is 13.0 Å². The Bertz CT molecular complexity index is 582. The van der Waals surface area contributed by atoms with Gasteiger partial charge in [-0.05, 0) is 43.0 Å². The number of anilines is 1. The molecule has 112 valence electrons. The Labute approximate surface area is 135 Å². The van der Waals surface area contributed by atoms with E-state index >= 15 is 0 Å². The van der Waals surface area contributed by atoms with Gasteiger partial charge in [-0.1, -0.05) is 29.8 Å². The molecule has 0 atom stereocenters. The summed E-state index contributed by atoms with van der Waals surface area (Å²) >= 11 is 7.61. The summed E-state index contributed by atoms with van der Waals surface area (Å²) in [5, 5.41) is 3.52. The summed E-state index contributed by atoms with van der Waals surface area (Å²) in [6.45, 7) is 4.15. The van der Waals surface area contributed by atoms with Crippen LogP contribution >= 0.6 is 22.9 Å². The highest BCUT2D eigenvalue weighted by Crippen LogP contribution is 2.25. The summed E-state index contributed by atoms with van der Waals surface area (Å²) in [7, 11) is 0. The normalized spacial score (nSPS) is 14.8. The van der Waals surface area contributed by atoms with Crippen LogP contribution < -0.4 is 10.2 Å². The van der Waals surface area contributed by atoms with E-state index in [1.165, 1.54) is 41.9 Å². The lowest BCUT2D eigenvalue weighted by Gasteiger charge is -2.25. The van der Waals surface area contributed by atoms with Gasteiger partial charge in [-0.25, -0.2) is 0 Å². The number of para-hydroxylation sites is 1. The standard InChI is InChI=1S/C17H21ClN2S/c18-17-9-8-15(21-17)13-19-10-12-20-11-4-3-6-14-5-1-2-7-16(14)20/h1-2,5,7-9,19H,3-4,6,10-13H2. The molecule has 0 radical (unpaired) electrons. The van der Waals surface area contributed by atoms with Gasteiger partial charge in [-0.2, -0.15) is 0 Å². The number of thiophene rings is 1. The molecule has 4 heteroatoms. The lowest BCUT2D eigenvalue weighted by molar-refractivity contribution is 0.649. The number of halogens is 1. The lowest BCUT2D eigenvalue weighted by Crippen LogP contribution is -2.32. The van der Waals surface area contributed by atoms with E-state index in [1.807, 2.05) is 6.07 Å². The van der Waals surface area contributed by atoms with Crippen molar-refractivity contribution in [1.29, 1.82) is 0 Å². The van der Waals surface area contributed by atoms with Gasteiger partial charge < -0.3 is 10.2 Å². The Morgan fingerprint density at radius 3 is 2.90 bits per heavy atom. The van der Waals surface area contributed by atoms with Gasteiger partial charge >= 0.3 is 0 Å². The summed E-state index contributed by atoms with van der Waals surface area (Å²) in [6, 6.07) is 12.9. The molecule has 0 fully saturated rings. The van der Waals surface area contributed by atoms with Crippen LogP contribution in [0.2, 0.25) is 4.34 Å². The first kappa shape index (κ1) is 14.9. The third kappa shape index (κ3) is 4.00. The summed E-state index contributed by atoms with van der Waals surface area (Å²) in [5.41, 5.74) is 2.93. The maximum Gasteiger partial charge on any atom is 0.0931 e. The average molecular weight is 321 g/mol. The van der Waals surface area contributed by atoms with Crippen LogP contribution in [0.4, 0.5) is 5.69 Å². The highest BCUT2D eigenvalue weighted by Gasteiger charge is 2.13. The van der Waals surface area contributed by atoms with Gasteiger partial charge in [0, 0.05) is 36.7 Å². The van der Waals surface area contributed by atoms with E-state index in [4.69, 9.17) is 11.6 Å². The molecular formula is C17H21ClN2S. The van der Waals surface area contributed by atoms with Crippen LogP contribution in [0.3, 0.4) is 0 Å². The molecular weight excluding hydrogens is 300 g/mol. The smallest absolute Gasteiger partial charge is 0.0931 e. The van der Waals surface area contributed by atoms with Crippen molar-refractivity contribution >= 4 is 28.6 Å². The SMILES string of the molecule is Clc1ccc(CNCCN2CCCCc3ccccc32)s1. The van der Waals surface area contributed by atoms with Gasteiger partial charge in [0.25, 0.3) is 0 Å². The van der Waals surface area contributed by atoms with Crippen molar-refractivity contribution in [3.05, 3.63) is 51.2 Å². The first-order valence-electron chi connectivity index (χ1n) is 7.61. The lowest BCUT2D eigenvalue weighted by atomic mass is 10.1. The second-order valence-electron chi connectivity index (χ2n) is 5.46. The van der Waals surface area contributed by atoms with E-state index in [2.05, 4.69) is 40.5 Å². The highest BCUT2D eigenvalue weighted by atomic mass is 35.5. The predicted molar refractivity (Wildman–Crippen MR) is 92.6 cm³/mol. The molecule has 1 aromatic heterocycles. The number of nitrogens with one attached hydrogen (secondary N) is 1. The zero-order chi connectivity index (χ0) is 14.5. The monoisotopic (exact) mass is 320 g/mol. The molecule has 0 saturated heterocycles. The molecule has 0 saturated carbocycles. The summed E-state index contributed by atoms with van der Waals surface area (Å²) in [5.74, 6) is 0. The molecule has 1 aliphatic heterocycles. The Morgan fingerprint density at radius 1 is 1.14 bits per heavy atom. The van der Waals surface area contributed by atoms with Crippen molar-refractivity contribution in [3.63, 3.8) is 0 Å². The minimum Gasteiger partial charge on any atom is -0.370 e. The van der Waals surface area contributed by atoms with E-state index in [0.29, 0.717) is 0 Å². The van der Waals surface area contributed by atoms with Gasteiger partial charge in [-0.15, -0.1) is 11.3 Å². The van der Waals surface area contributed by atoms with Gasteiger partial charge in [0.2, 0.25) is 0 Å². The highest BCUT2D eigenvalue weighted by molar-refractivity contribution is 7.16. The molecule has 0 aliphatic carbocycles. The third-order valence-electron chi connectivity index (χ3n) is 3.94. The molecule has 0 spiro atoms. The number of rotatable bonds is 5. The first-order valence-corrected chi connectivity index (χ1v) is 8.80. The first-order chi connectivity index (χ1) is 10.3. The Kier molecular flexibility index (Phi) is 5.17. The molecule has 3 rings (SSSR count). The zero-order valence-electron chi connectivity index (χ0n) is 12.1. The van der Waals surface area contributed by atoms with Crippen LogP contribution in [-0.4, -0.2) is 19.6 Å². The molecule has 2 heterocycles. The van der Waals surface area contributed by atoms with Crippen molar-refractivity contribution in [1.82, 2.24) is 5.32 Å². The molecule has 1 aliphatic rings. The van der Waals surface area contributed by atoms with E-state index in [-0.39, 0.29) is 0 Å². The molecule has 0 amide bonds. The van der Waals surface area contributed by atoms with Crippen molar-refractivity contribution in [2.24, 2.45) is 0 Å². The number of hydrogen-bond donors (Lipinski definition) is 1. The van der Waals surface area contributed by atoms with E-state index < -0.39 is 0 Å². The second kappa shape index (κ2) is 7.30. The fraction of sp³-hybridized carbons (Fsp3) is 0.412. The molecule has 1 N–H and O–H groups in total. The average Bonchev–Trinajstić information content (AvgIpc) is 2.80. The maximum atomic E-state index is 5.95. The van der Waals surface area contributed by atoms with E-state index in [1.54, 1.807) is 11.3 Å². The Hall–Kier alpha value is -1.03. The minimum absolute atomic E-state index is 0.869. The maximum absolute atomic E-state index is 5.95. The topological polar surface area (TPSA) is 15.3 Å². The zero-order valence-corrected chi connectivity index (χ0v) is 13.7. The Balaban J connectivity index is 1.53. The number of hydrogen-bond acceptors (Lipinski definition) is 3. The third-order valence-corrected chi connectivity index (χ3v) is 5.17. The second-order valence-corrected chi connectivity index (χ2v) is 7.26. The molecule has 2 nitrogen and oxygen atoms in total. The fourth-order valence-corrected chi connectivity index (χ4v) is 3.93. The number of nitrogens with zero attached hydrogens (tertiary/aromatic N) is 1. The van der Waals surface area contributed by atoms with Crippen LogP contribution in [0.1, 0.15) is 23.3 Å². The van der Waals surface area contributed by atoms with Crippen LogP contribution in [0.15, 0.2) is 36.4 Å². The molecule has 0 bridgehead atoms. The Morgan fingerprint density at radius 2 is 2.05 bits per heavy atom. The summed E-state index contributed by atoms with van der Waals surface area (Å²) < 4.78 is 0.869. The number of benzene rings is 1. The van der Waals surface area contributed by atoms with Crippen molar-refractivity contribution in [2.45, 2.75) is 25.8 Å². The van der Waals surface area contributed by atoms with E-state index in [0.717, 1.165) is 24.0 Å². The van der Waals surface area contributed by atoms with Crippen molar-refractivity contribution in [2.75, 3.05) is 24.5 Å². The largest absolute Gasteiger partial charge is 0.370 e. The summed E-state index contributed by atoms with van der Waals surface area (Å²) in [6.07, 6.45) is 3.80. The van der Waals surface area contributed by atoms with Gasteiger partial charge in [0.15, 0.2) is 0 Å². The molecule has 21 heavy (non-hydrogen) atoms. The minimum atomic E-state index is 0.869. The molecule has 0 unspecified atom stereocenters. The van der Waals surface area contributed by atoms with Crippen LogP contribution in [0.25, 0.3) is 0 Å². The number of fused-ring (bicyclic) bond motifs is 1. The summed E-state index contributed by atoms with van der Waals surface area (Å²) in [4.78, 5) is 3.83. The van der Waals surface area contributed by atoms with Gasteiger partial charge in [-0.3, -0.25) is 0 Å². The fourth-order valence-electron chi connectivity index (χ4n) is 2.87. The van der Waals surface area contributed by atoms with Gasteiger partial charge in [0.1, 0.15) is 0 Å². The van der Waals surface area contributed by atoms with E-state index in [9.17, 15) is 0 Å². The van der Waals surface area contributed by atoms with Crippen molar-refractivity contribution < 1.29 is 0 Å². The number of aryl methyl sites for hydroxylation is 1. The molecule has 1 aromatic carbocycles.